The first-order valence-corrected chi connectivity index (χ1v) is 8.68. The van der Waals surface area contributed by atoms with Crippen molar-refractivity contribution in [2.75, 3.05) is 25.3 Å². The van der Waals surface area contributed by atoms with Gasteiger partial charge in [-0.15, -0.1) is 10.2 Å². The molecule has 8 nitrogen and oxygen atoms in total. The summed E-state index contributed by atoms with van der Waals surface area (Å²) >= 11 is 7.19. The monoisotopic (exact) mass is 395 g/mol. The van der Waals surface area contributed by atoms with Gasteiger partial charge in [-0.1, -0.05) is 23.4 Å². The maximum Gasteiger partial charge on any atom is 0.284 e. The molecule has 136 valence electrons. The number of ether oxygens (including phenoxy) is 2. The van der Waals surface area contributed by atoms with Crippen LogP contribution in [-0.2, 0) is 4.79 Å². The van der Waals surface area contributed by atoms with Gasteiger partial charge in [-0.25, -0.2) is 0 Å². The Kier molecular flexibility index (Phi) is 5.69. The summed E-state index contributed by atoms with van der Waals surface area (Å²) in [6, 6.07) is 6.57. The van der Waals surface area contributed by atoms with Gasteiger partial charge in [0.05, 0.1) is 36.9 Å². The van der Waals surface area contributed by atoms with Crippen LogP contribution in [0.5, 0.6) is 11.5 Å². The Balaban J connectivity index is 1.62. The highest BCUT2D eigenvalue weighted by atomic mass is 35.5. The van der Waals surface area contributed by atoms with E-state index in [4.69, 9.17) is 29.9 Å². The molecule has 0 aliphatic carbocycles. The second-order valence-corrected chi connectivity index (χ2v) is 6.21. The van der Waals surface area contributed by atoms with Gasteiger partial charge in [0, 0.05) is 6.07 Å². The first kappa shape index (κ1) is 18.2. The molecule has 0 aliphatic heterocycles. The SMILES string of the molecule is COc1cc(OC)c(NC(=O)CSc2nnc(-c3ccco3)o2)cc1Cl. The molecule has 3 rings (SSSR count). The van der Waals surface area contributed by atoms with Crippen LogP contribution in [0.4, 0.5) is 5.69 Å². The predicted octanol–water partition coefficient (Wildman–Crippen LogP) is 3.73. The highest BCUT2D eigenvalue weighted by Crippen LogP contribution is 2.36. The fourth-order valence-corrected chi connectivity index (χ4v) is 2.84. The van der Waals surface area contributed by atoms with Crippen molar-refractivity contribution in [3.8, 4) is 23.1 Å². The number of aromatic nitrogens is 2. The Hall–Kier alpha value is -2.65. The lowest BCUT2D eigenvalue weighted by atomic mass is 10.2. The Morgan fingerprint density at radius 2 is 2.08 bits per heavy atom. The first-order chi connectivity index (χ1) is 12.6. The number of carbonyl (C=O) groups is 1. The number of rotatable bonds is 7. The fourth-order valence-electron chi connectivity index (χ4n) is 2.04. The highest BCUT2D eigenvalue weighted by Gasteiger charge is 2.15. The molecule has 2 aromatic heterocycles. The highest BCUT2D eigenvalue weighted by molar-refractivity contribution is 7.99. The van der Waals surface area contributed by atoms with E-state index >= 15 is 0 Å². The molecule has 1 N–H and O–H groups in total. The van der Waals surface area contributed by atoms with Crippen molar-refractivity contribution in [1.82, 2.24) is 10.2 Å². The normalized spacial score (nSPS) is 10.6. The van der Waals surface area contributed by atoms with Gasteiger partial charge in [-0.2, -0.15) is 0 Å². The molecule has 0 saturated heterocycles. The molecule has 0 saturated carbocycles. The number of furan rings is 1. The van der Waals surface area contributed by atoms with Crippen LogP contribution in [0, 0.1) is 0 Å². The Morgan fingerprint density at radius 1 is 1.27 bits per heavy atom. The number of methoxy groups -OCH3 is 2. The van der Waals surface area contributed by atoms with Crippen LogP contribution >= 0.6 is 23.4 Å². The van der Waals surface area contributed by atoms with E-state index in [0.717, 1.165) is 11.8 Å². The summed E-state index contributed by atoms with van der Waals surface area (Å²) in [5, 5.41) is 11.1. The van der Waals surface area contributed by atoms with E-state index in [1.807, 2.05) is 0 Å². The van der Waals surface area contributed by atoms with E-state index in [2.05, 4.69) is 15.5 Å². The smallest absolute Gasteiger partial charge is 0.284 e. The number of hydrogen-bond donors (Lipinski definition) is 1. The maximum absolute atomic E-state index is 12.2. The number of benzene rings is 1. The molecule has 2 heterocycles. The quantitative estimate of drug-likeness (QED) is 0.604. The van der Waals surface area contributed by atoms with Crippen molar-refractivity contribution in [1.29, 1.82) is 0 Å². The molecule has 26 heavy (non-hydrogen) atoms. The minimum atomic E-state index is -0.285. The van der Waals surface area contributed by atoms with Gasteiger partial charge in [-0.05, 0) is 18.2 Å². The third-order valence-corrected chi connectivity index (χ3v) is 4.33. The van der Waals surface area contributed by atoms with Crippen molar-refractivity contribution in [3.63, 3.8) is 0 Å². The van der Waals surface area contributed by atoms with Gasteiger partial charge >= 0.3 is 0 Å². The van der Waals surface area contributed by atoms with E-state index in [1.165, 1.54) is 20.5 Å². The zero-order chi connectivity index (χ0) is 18.5. The number of carbonyl (C=O) groups excluding carboxylic acids is 1. The lowest BCUT2D eigenvalue weighted by molar-refractivity contribution is -0.113. The number of anilines is 1. The summed E-state index contributed by atoms with van der Waals surface area (Å²) in [5.41, 5.74) is 0.436. The van der Waals surface area contributed by atoms with Gasteiger partial charge in [0.25, 0.3) is 11.1 Å². The Labute approximate surface area is 157 Å². The second kappa shape index (κ2) is 8.15. The van der Waals surface area contributed by atoms with Crippen molar-refractivity contribution in [2.24, 2.45) is 0 Å². The third-order valence-electron chi connectivity index (χ3n) is 3.21. The molecule has 0 radical (unpaired) electrons. The van der Waals surface area contributed by atoms with E-state index < -0.39 is 0 Å². The first-order valence-electron chi connectivity index (χ1n) is 7.32. The lowest BCUT2D eigenvalue weighted by Crippen LogP contribution is -2.14. The summed E-state index contributed by atoms with van der Waals surface area (Å²) < 4.78 is 21.0. The zero-order valence-electron chi connectivity index (χ0n) is 13.8. The van der Waals surface area contributed by atoms with Crippen molar-refractivity contribution in [2.45, 2.75) is 5.22 Å². The maximum atomic E-state index is 12.2. The topological polar surface area (TPSA) is 99.6 Å². The Morgan fingerprint density at radius 3 is 2.77 bits per heavy atom. The summed E-state index contributed by atoms with van der Waals surface area (Å²) in [6.45, 7) is 0. The van der Waals surface area contributed by atoms with Crippen LogP contribution in [0.2, 0.25) is 5.02 Å². The summed E-state index contributed by atoms with van der Waals surface area (Å²) in [5.74, 6) is 1.38. The van der Waals surface area contributed by atoms with E-state index in [9.17, 15) is 4.79 Å². The number of nitrogens with one attached hydrogen (secondary N) is 1. The molecular weight excluding hydrogens is 382 g/mol. The third kappa shape index (κ3) is 4.12. The number of amides is 1. The van der Waals surface area contributed by atoms with E-state index in [0.29, 0.717) is 28.0 Å². The van der Waals surface area contributed by atoms with Gasteiger partial charge in [0.2, 0.25) is 5.91 Å². The summed E-state index contributed by atoms with van der Waals surface area (Å²) in [6.07, 6.45) is 1.51. The largest absolute Gasteiger partial charge is 0.495 e. The Bertz CT molecular complexity index is 897. The molecule has 0 atom stereocenters. The fraction of sp³-hybridized carbons (Fsp3) is 0.188. The van der Waals surface area contributed by atoms with Gasteiger partial charge in [0.1, 0.15) is 11.5 Å². The number of halogens is 1. The second-order valence-electron chi connectivity index (χ2n) is 4.87. The molecular formula is C16H14ClN3O5S. The minimum absolute atomic E-state index is 0.0621. The average Bonchev–Trinajstić information content (AvgIpc) is 3.31. The van der Waals surface area contributed by atoms with Crippen LogP contribution in [0.25, 0.3) is 11.7 Å². The van der Waals surface area contributed by atoms with Crippen LogP contribution in [0.15, 0.2) is 44.6 Å². The molecule has 0 unspecified atom stereocenters. The van der Waals surface area contributed by atoms with Crippen molar-refractivity contribution in [3.05, 3.63) is 35.6 Å². The molecule has 0 fully saturated rings. The molecule has 1 aromatic carbocycles. The van der Waals surface area contributed by atoms with Crippen molar-refractivity contribution < 1.29 is 23.1 Å². The van der Waals surface area contributed by atoms with Crippen LogP contribution in [0.3, 0.4) is 0 Å². The van der Waals surface area contributed by atoms with E-state index in [-0.39, 0.29) is 22.8 Å². The average molecular weight is 396 g/mol. The molecule has 10 heteroatoms. The molecule has 0 bridgehead atoms. The van der Waals surface area contributed by atoms with Gasteiger partial charge in [-0.3, -0.25) is 4.79 Å². The summed E-state index contributed by atoms with van der Waals surface area (Å²) in [7, 11) is 2.98. The molecule has 3 aromatic rings. The zero-order valence-corrected chi connectivity index (χ0v) is 15.4. The molecule has 0 aliphatic rings. The number of hydrogen-bond acceptors (Lipinski definition) is 8. The molecule has 1 amide bonds. The van der Waals surface area contributed by atoms with Crippen LogP contribution in [0.1, 0.15) is 0 Å². The van der Waals surface area contributed by atoms with Gasteiger partial charge in [0.15, 0.2) is 5.76 Å². The lowest BCUT2D eigenvalue weighted by Gasteiger charge is -2.12. The standard InChI is InChI=1S/C16H14ClN3O5S/c1-22-12-7-13(23-2)10(6-9(12)17)18-14(21)8-26-16-20-19-15(25-16)11-4-3-5-24-11/h3-7H,8H2,1-2H3,(H,18,21). The minimum Gasteiger partial charge on any atom is -0.495 e. The van der Waals surface area contributed by atoms with Crippen molar-refractivity contribution >= 4 is 35.0 Å². The number of nitrogens with zero attached hydrogens (tertiary/aromatic N) is 2. The van der Waals surface area contributed by atoms with Gasteiger partial charge < -0.3 is 23.6 Å². The predicted molar refractivity (Wildman–Crippen MR) is 95.9 cm³/mol. The number of thioether (sulfide) groups is 1. The molecule has 0 spiro atoms. The van der Waals surface area contributed by atoms with E-state index in [1.54, 1.807) is 24.3 Å². The van der Waals surface area contributed by atoms with Crippen LogP contribution < -0.4 is 14.8 Å². The van der Waals surface area contributed by atoms with Crippen LogP contribution in [-0.4, -0.2) is 36.1 Å². The summed E-state index contributed by atoms with van der Waals surface area (Å²) in [4.78, 5) is 12.2.